The van der Waals surface area contributed by atoms with Gasteiger partial charge in [0.05, 0.1) is 18.0 Å². The summed E-state index contributed by atoms with van der Waals surface area (Å²) in [5.74, 6) is 0.448. The lowest BCUT2D eigenvalue weighted by atomic mass is 10.1. The average molecular weight is 422 g/mol. The molecule has 0 aliphatic heterocycles. The minimum absolute atomic E-state index is 0. The molecule has 2 rings (SSSR count). The van der Waals surface area contributed by atoms with Gasteiger partial charge in [-0.15, -0.1) is 24.0 Å². The van der Waals surface area contributed by atoms with Crippen molar-refractivity contribution in [1.29, 1.82) is 0 Å². The van der Waals surface area contributed by atoms with Crippen molar-refractivity contribution < 1.29 is 4.92 Å². The Morgan fingerprint density at radius 3 is 2.73 bits per heavy atom. The van der Waals surface area contributed by atoms with Crippen LogP contribution in [0.2, 0.25) is 0 Å². The summed E-state index contributed by atoms with van der Waals surface area (Å²) in [7, 11) is 0. The SMILES string of the molecule is I.NC(=NCCn1cc([N+](=O)[O-])cn1)NC1CCCCCC1. The molecular formula is C13H23IN6O2. The van der Waals surface area contributed by atoms with Crippen molar-refractivity contribution >= 4 is 35.6 Å². The van der Waals surface area contributed by atoms with Crippen molar-refractivity contribution in [2.45, 2.75) is 51.1 Å². The molecule has 1 aliphatic rings. The second kappa shape index (κ2) is 9.59. The summed E-state index contributed by atoms with van der Waals surface area (Å²) in [5.41, 5.74) is 5.86. The zero-order valence-corrected chi connectivity index (χ0v) is 14.8. The number of guanidine groups is 1. The lowest BCUT2D eigenvalue weighted by molar-refractivity contribution is -0.385. The Balaban J connectivity index is 0.00000242. The molecule has 124 valence electrons. The molecule has 1 aromatic rings. The fraction of sp³-hybridized carbons (Fsp3) is 0.692. The van der Waals surface area contributed by atoms with Gasteiger partial charge in [-0.3, -0.25) is 19.8 Å². The van der Waals surface area contributed by atoms with Gasteiger partial charge in [-0.25, -0.2) is 0 Å². The fourth-order valence-corrected chi connectivity index (χ4v) is 2.52. The Kier molecular flexibility index (Phi) is 8.13. The summed E-state index contributed by atoms with van der Waals surface area (Å²) >= 11 is 0. The van der Waals surface area contributed by atoms with E-state index >= 15 is 0 Å². The van der Waals surface area contributed by atoms with Gasteiger partial charge in [-0.2, -0.15) is 5.10 Å². The third-order valence-corrected chi connectivity index (χ3v) is 3.65. The second-order valence-electron chi connectivity index (χ2n) is 5.32. The number of hydrogen-bond donors (Lipinski definition) is 2. The maximum absolute atomic E-state index is 10.5. The molecular weight excluding hydrogens is 399 g/mol. The van der Waals surface area contributed by atoms with Crippen molar-refractivity contribution in [3.63, 3.8) is 0 Å². The van der Waals surface area contributed by atoms with E-state index in [4.69, 9.17) is 5.73 Å². The molecule has 9 heteroatoms. The lowest BCUT2D eigenvalue weighted by Gasteiger charge is -2.16. The third-order valence-electron chi connectivity index (χ3n) is 3.65. The van der Waals surface area contributed by atoms with Gasteiger partial charge in [0.1, 0.15) is 12.4 Å². The molecule has 1 aliphatic carbocycles. The first-order valence-corrected chi connectivity index (χ1v) is 7.38. The number of nitro groups is 1. The first-order valence-electron chi connectivity index (χ1n) is 7.38. The van der Waals surface area contributed by atoms with Crippen LogP contribution in [0.4, 0.5) is 5.69 Å². The minimum atomic E-state index is -0.464. The van der Waals surface area contributed by atoms with E-state index in [0.717, 1.165) is 12.8 Å². The summed E-state index contributed by atoms with van der Waals surface area (Å²) in [6.07, 6.45) is 9.98. The van der Waals surface area contributed by atoms with Gasteiger partial charge in [-0.1, -0.05) is 25.7 Å². The van der Waals surface area contributed by atoms with Crippen molar-refractivity contribution in [1.82, 2.24) is 15.1 Å². The number of nitrogens with zero attached hydrogens (tertiary/aromatic N) is 4. The van der Waals surface area contributed by atoms with Gasteiger partial charge in [-0.05, 0) is 12.8 Å². The molecule has 0 amide bonds. The predicted molar refractivity (Wildman–Crippen MR) is 95.4 cm³/mol. The molecule has 0 bridgehead atoms. The van der Waals surface area contributed by atoms with Crippen molar-refractivity contribution in [3.8, 4) is 0 Å². The highest BCUT2D eigenvalue weighted by atomic mass is 127. The smallest absolute Gasteiger partial charge is 0.306 e. The average Bonchev–Trinajstić information content (AvgIpc) is 2.77. The van der Waals surface area contributed by atoms with Gasteiger partial charge >= 0.3 is 5.69 Å². The van der Waals surface area contributed by atoms with Crippen LogP contribution in [0.25, 0.3) is 0 Å². The Labute approximate surface area is 146 Å². The number of halogens is 1. The van der Waals surface area contributed by atoms with Gasteiger partial charge in [0.2, 0.25) is 0 Å². The van der Waals surface area contributed by atoms with Gasteiger partial charge in [0.25, 0.3) is 0 Å². The molecule has 1 heterocycles. The van der Waals surface area contributed by atoms with E-state index < -0.39 is 4.92 Å². The van der Waals surface area contributed by atoms with Gasteiger partial charge < -0.3 is 11.1 Å². The maximum atomic E-state index is 10.5. The fourth-order valence-electron chi connectivity index (χ4n) is 2.52. The zero-order chi connectivity index (χ0) is 15.1. The molecule has 0 radical (unpaired) electrons. The maximum Gasteiger partial charge on any atom is 0.306 e. The predicted octanol–water partition coefficient (Wildman–Crippen LogP) is 2.04. The van der Waals surface area contributed by atoms with Crippen LogP contribution in [0, 0.1) is 10.1 Å². The monoisotopic (exact) mass is 422 g/mol. The van der Waals surface area contributed by atoms with Crippen LogP contribution >= 0.6 is 24.0 Å². The van der Waals surface area contributed by atoms with Crippen LogP contribution in [0.15, 0.2) is 17.4 Å². The summed E-state index contributed by atoms with van der Waals surface area (Å²) in [6.45, 7) is 0.922. The number of nitrogens with one attached hydrogen (secondary N) is 1. The summed E-state index contributed by atoms with van der Waals surface area (Å²) in [5, 5.41) is 17.7. The van der Waals surface area contributed by atoms with E-state index in [1.165, 1.54) is 42.8 Å². The number of aromatic nitrogens is 2. The molecule has 1 aromatic heterocycles. The molecule has 3 N–H and O–H groups in total. The summed E-state index contributed by atoms with van der Waals surface area (Å²) < 4.78 is 1.50. The van der Waals surface area contributed by atoms with Crippen LogP contribution < -0.4 is 11.1 Å². The van der Waals surface area contributed by atoms with Crippen LogP contribution in [0.1, 0.15) is 38.5 Å². The van der Waals surface area contributed by atoms with Crippen LogP contribution in [0.5, 0.6) is 0 Å². The van der Waals surface area contributed by atoms with E-state index in [1.54, 1.807) is 0 Å². The molecule has 0 aromatic carbocycles. The molecule has 0 spiro atoms. The highest BCUT2D eigenvalue weighted by Crippen LogP contribution is 2.16. The molecule has 8 nitrogen and oxygen atoms in total. The lowest BCUT2D eigenvalue weighted by Crippen LogP contribution is -2.40. The Hall–Kier alpha value is -1.39. The molecule has 0 atom stereocenters. The van der Waals surface area contributed by atoms with Crippen molar-refractivity contribution in [2.24, 2.45) is 10.7 Å². The van der Waals surface area contributed by atoms with E-state index in [1.807, 2.05) is 0 Å². The number of aliphatic imine (C=N–C) groups is 1. The third kappa shape index (κ3) is 6.16. The normalized spacial score (nSPS) is 16.6. The molecule has 0 unspecified atom stereocenters. The minimum Gasteiger partial charge on any atom is -0.370 e. The van der Waals surface area contributed by atoms with E-state index in [-0.39, 0.29) is 29.7 Å². The van der Waals surface area contributed by atoms with E-state index in [9.17, 15) is 10.1 Å². The number of nitrogens with two attached hydrogens (primary N) is 1. The Morgan fingerprint density at radius 2 is 2.14 bits per heavy atom. The van der Waals surface area contributed by atoms with Gasteiger partial charge in [0.15, 0.2) is 5.96 Å². The molecule has 22 heavy (non-hydrogen) atoms. The first-order chi connectivity index (χ1) is 10.1. The van der Waals surface area contributed by atoms with E-state index in [0.29, 0.717) is 25.1 Å². The second-order valence-corrected chi connectivity index (χ2v) is 5.32. The summed E-state index contributed by atoms with van der Waals surface area (Å²) in [4.78, 5) is 14.3. The van der Waals surface area contributed by atoms with Crippen molar-refractivity contribution in [2.75, 3.05) is 6.54 Å². The highest BCUT2D eigenvalue weighted by Gasteiger charge is 2.12. The number of hydrogen-bond acceptors (Lipinski definition) is 4. The van der Waals surface area contributed by atoms with Crippen LogP contribution in [-0.4, -0.2) is 33.2 Å². The van der Waals surface area contributed by atoms with E-state index in [2.05, 4.69) is 15.4 Å². The highest BCUT2D eigenvalue weighted by molar-refractivity contribution is 14.0. The zero-order valence-electron chi connectivity index (χ0n) is 12.5. The molecule has 0 saturated heterocycles. The number of rotatable bonds is 5. The molecule has 1 saturated carbocycles. The first kappa shape index (κ1) is 18.7. The quantitative estimate of drug-likeness (QED) is 0.188. The standard InChI is InChI=1S/C13H22N6O2.HI/c14-13(17-11-5-3-1-2-4-6-11)15-7-8-18-10-12(9-16-18)19(20)21;/h9-11H,1-8H2,(H3,14,15,17);1H. The van der Waals surface area contributed by atoms with Crippen LogP contribution in [-0.2, 0) is 6.54 Å². The van der Waals surface area contributed by atoms with Crippen molar-refractivity contribution in [3.05, 3.63) is 22.5 Å². The Morgan fingerprint density at radius 1 is 1.45 bits per heavy atom. The topological polar surface area (TPSA) is 111 Å². The van der Waals surface area contributed by atoms with Crippen LogP contribution in [0.3, 0.4) is 0 Å². The molecule has 1 fully saturated rings. The summed E-state index contributed by atoms with van der Waals surface area (Å²) in [6, 6.07) is 0.419. The van der Waals surface area contributed by atoms with Gasteiger partial charge in [0, 0.05) is 6.04 Å². The Bertz CT molecular complexity index is 496. The largest absolute Gasteiger partial charge is 0.370 e.